The zero-order valence-electron chi connectivity index (χ0n) is 18.5. The lowest BCUT2D eigenvalue weighted by Gasteiger charge is -2.32. The first-order valence-corrected chi connectivity index (χ1v) is 10.8. The molecule has 0 unspecified atom stereocenters. The number of hydrogen-bond acceptors (Lipinski definition) is 5. The summed E-state index contributed by atoms with van der Waals surface area (Å²) in [6.07, 6.45) is 3.20. The van der Waals surface area contributed by atoms with Gasteiger partial charge in [-0.1, -0.05) is 30.3 Å². The Hall–Kier alpha value is -3.61. The molecule has 32 heavy (non-hydrogen) atoms. The molecule has 0 radical (unpaired) electrons. The van der Waals surface area contributed by atoms with E-state index in [4.69, 9.17) is 4.74 Å². The highest BCUT2D eigenvalue weighted by Gasteiger charge is 2.26. The van der Waals surface area contributed by atoms with E-state index in [9.17, 15) is 9.59 Å². The molecule has 0 atom stereocenters. The van der Waals surface area contributed by atoms with Crippen LogP contribution >= 0.6 is 0 Å². The lowest BCUT2D eigenvalue weighted by Crippen LogP contribution is -2.39. The number of methoxy groups -OCH3 is 1. The number of aryl methyl sites for hydroxylation is 1. The molecule has 2 heterocycles. The molecule has 3 aromatic rings. The van der Waals surface area contributed by atoms with Crippen LogP contribution in [0.15, 0.2) is 65.6 Å². The van der Waals surface area contributed by atoms with Gasteiger partial charge in [0.15, 0.2) is 0 Å². The Morgan fingerprint density at radius 1 is 1.12 bits per heavy atom. The van der Waals surface area contributed by atoms with Crippen molar-refractivity contribution >= 4 is 17.3 Å². The smallest absolute Gasteiger partial charge is 0.269 e. The number of amides is 1. The van der Waals surface area contributed by atoms with Crippen molar-refractivity contribution in [1.82, 2.24) is 9.78 Å². The minimum absolute atomic E-state index is 0.0364. The molecule has 1 saturated heterocycles. The molecular weight excluding hydrogens is 404 g/mol. The van der Waals surface area contributed by atoms with Crippen molar-refractivity contribution < 1.29 is 9.53 Å². The largest absolute Gasteiger partial charge is 0.497 e. The normalized spacial score (nSPS) is 14.2. The van der Waals surface area contributed by atoms with Crippen LogP contribution in [-0.2, 0) is 11.3 Å². The molecule has 0 aliphatic carbocycles. The first-order valence-electron chi connectivity index (χ1n) is 10.8. The Bertz CT molecular complexity index is 1140. The van der Waals surface area contributed by atoms with E-state index < -0.39 is 0 Å². The minimum atomic E-state index is -0.124. The van der Waals surface area contributed by atoms with E-state index >= 15 is 0 Å². The molecule has 0 bridgehead atoms. The first kappa shape index (κ1) is 21.6. The van der Waals surface area contributed by atoms with Gasteiger partial charge in [0.1, 0.15) is 5.75 Å². The highest BCUT2D eigenvalue weighted by molar-refractivity contribution is 5.93. The maximum Gasteiger partial charge on any atom is 0.269 e. The number of ether oxygens (including phenoxy) is 1. The Labute approximate surface area is 187 Å². The van der Waals surface area contributed by atoms with Crippen molar-refractivity contribution in [3.63, 3.8) is 0 Å². The number of hydrogen-bond donors (Lipinski definition) is 1. The third-order valence-corrected chi connectivity index (χ3v) is 5.95. The fourth-order valence-corrected chi connectivity index (χ4v) is 4.01. The lowest BCUT2D eigenvalue weighted by molar-refractivity contribution is -0.120. The monoisotopic (exact) mass is 432 g/mol. The third-order valence-electron chi connectivity index (χ3n) is 5.95. The van der Waals surface area contributed by atoms with Gasteiger partial charge in [-0.2, -0.15) is 5.10 Å². The van der Waals surface area contributed by atoms with Crippen LogP contribution < -0.4 is 20.5 Å². The standard InChI is InChI=1S/C25H28N4O3/c1-18-14-22(32-2)8-9-23(18)27-25(31)20-10-12-28(13-11-20)21-15-24(30)29(26-16-21)17-19-6-4-3-5-7-19/h3-9,14-16,20H,10-13,17H2,1-2H3,(H,27,31). The molecule has 0 saturated carbocycles. The maximum atomic E-state index is 12.8. The van der Waals surface area contributed by atoms with Crippen LogP contribution in [0.25, 0.3) is 0 Å². The topological polar surface area (TPSA) is 76.5 Å². The average Bonchev–Trinajstić information content (AvgIpc) is 2.82. The first-order chi connectivity index (χ1) is 15.5. The van der Waals surface area contributed by atoms with Gasteiger partial charge in [0.25, 0.3) is 5.56 Å². The number of anilines is 2. The van der Waals surface area contributed by atoms with Gasteiger partial charge in [0.2, 0.25) is 5.91 Å². The van der Waals surface area contributed by atoms with Crippen molar-refractivity contribution in [2.75, 3.05) is 30.4 Å². The number of carbonyl (C=O) groups excluding carboxylic acids is 1. The van der Waals surface area contributed by atoms with Crippen LogP contribution in [0.4, 0.5) is 11.4 Å². The minimum Gasteiger partial charge on any atom is -0.497 e. The predicted octanol–water partition coefficient (Wildman–Crippen LogP) is 3.46. The molecule has 0 spiro atoms. The van der Waals surface area contributed by atoms with E-state index in [0.717, 1.165) is 41.1 Å². The predicted molar refractivity (Wildman–Crippen MR) is 125 cm³/mol. The Balaban J connectivity index is 1.34. The number of carbonyl (C=O) groups is 1. The number of piperidine rings is 1. The van der Waals surface area contributed by atoms with Crippen LogP contribution in [0.2, 0.25) is 0 Å². The van der Waals surface area contributed by atoms with Crippen LogP contribution in [-0.4, -0.2) is 35.9 Å². The highest BCUT2D eigenvalue weighted by atomic mass is 16.5. The van der Waals surface area contributed by atoms with Gasteiger partial charge in [0, 0.05) is 30.8 Å². The number of aromatic nitrogens is 2. The van der Waals surface area contributed by atoms with E-state index in [0.29, 0.717) is 19.6 Å². The van der Waals surface area contributed by atoms with E-state index in [1.54, 1.807) is 19.4 Å². The summed E-state index contributed by atoms with van der Waals surface area (Å²) in [4.78, 5) is 27.4. The third kappa shape index (κ3) is 4.99. The summed E-state index contributed by atoms with van der Waals surface area (Å²) in [7, 11) is 1.63. The Morgan fingerprint density at radius 3 is 2.53 bits per heavy atom. The second-order valence-electron chi connectivity index (χ2n) is 8.13. The van der Waals surface area contributed by atoms with Crippen LogP contribution in [0.3, 0.4) is 0 Å². The van der Waals surface area contributed by atoms with Gasteiger partial charge in [-0.3, -0.25) is 9.59 Å². The van der Waals surface area contributed by atoms with Gasteiger partial charge in [0.05, 0.1) is 25.5 Å². The fourth-order valence-electron chi connectivity index (χ4n) is 4.01. The van der Waals surface area contributed by atoms with Gasteiger partial charge >= 0.3 is 0 Å². The Kier molecular flexibility index (Phi) is 6.54. The molecule has 1 N–H and O–H groups in total. The van der Waals surface area contributed by atoms with Crippen LogP contribution in [0, 0.1) is 12.8 Å². The molecule has 7 nitrogen and oxygen atoms in total. The zero-order chi connectivity index (χ0) is 22.5. The van der Waals surface area contributed by atoms with Crippen molar-refractivity contribution in [1.29, 1.82) is 0 Å². The number of rotatable bonds is 6. The molecule has 2 aromatic carbocycles. The summed E-state index contributed by atoms with van der Waals surface area (Å²) >= 11 is 0. The van der Waals surface area contributed by atoms with Crippen LogP contribution in [0.1, 0.15) is 24.0 Å². The van der Waals surface area contributed by atoms with Gasteiger partial charge < -0.3 is 15.0 Å². The van der Waals surface area contributed by atoms with Crippen LogP contribution in [0.5, 0.6) is 5.75 Å². The van der Waals surface area contributed by atoms with Crippen molar-refractivity contribution in [2.45, 2.75) is 26.3 Å². The molecule has 1 aromatic heterocycles. The molecule has 7 heteroatoms. The molecule has 166 valence electrons. The molecular formula is C25H28N4O3. The Morgan fingerprint density at radius 2 is 1.88 bits per heavy atom. The average molecular weight is 433 g/mol. The summed E-state index contributed by atoms with van der Waals surface area (Å²) in [5.41, 5.74) is 3.50. The fraction of sp³-hybridized carbons (Fsp3) is 0.320. The van der Waals surface area contributed by atoms with Crippen molar-refractivity contribution in [3.05, 3.63) is 82.3 Å². The summed E-state index contributed by atoms with van der Waals surface area (Å²) in [6.45, 7) is 3.83. The maximum absolute atomic E-state index is 12.8. The molecule has 4 rings (SSSR count). The summed E-state index contributed by atoms with van der Waals surface area (Å²) in [6, 6.07) is 17.1. The second kappa shape index (κ2) is 9.68. The number of nitrogens with zero attached hydrogens (tertiary/aromatic N) is 3. The van der Waals surface area contributed by atoms with E-state index in [1.165, 1.54) is 4.68 Å². The van der Waals surface area contributed by atoms with E-state index in [2.05, 4.69) is 15.3 Å². The second-order valence-corrected chi connectivity index (χ2v) is 8.13. The van der Waals surface area contributed by atoms with E-state index in [-0.39, 0.29) is 17.4 Å². The zero-order valence-corrected chi connectivity index (χ0v) is 18.5. The SMILES string of the molecule is COc1ccc(NC(=O)C2CCN(c3cnn(Cc4ccccc4)c(=O)c3)CC2)c(C)c1. The van der Waals surface area contributed by atoms with Gasteiger partial charge in [-0.05, 0) is 49.1 Å². The molecule has 1 aliphatic rings. The quantitative estimate of drug-likeness (QED) is 0.646. The number of benzene rings is 2. The van der Waals surface area contributed by atoms with Crippen molar-refractivity contribution in [3.8, 4) is 5.75 Å². The van der Waals surface area contributed by atoms with E-state index in [1.807, 2.05) is 55.5 Å². The highest BCUT2D eigenvalue weighted by Crippen LogP contribution is 2.25. The van der Waals surface area contributed by atoms with Gasteiger partial charge in [-0.15, -0.1) is 0 Å². The molecule has 1 fully saturated rings. The number of nitrogens with one attached hydrogen (secondary N) is 1. The van der Waals surface area contributed by atoms with Gasteiger partial charge in [-0.25, -0.2) is 4.68 Å². The van der Waals surface area contributed by atoms with Crippen molar-refractivity contribution in [2.24, 2.45) is 5.92 Å². The lowest BCUT2D eigenvalue weighted by atomic mass is 9.95. The molecule has 1 amide bonds. The summed E-state index contributed by atoms with van der Waals surface area (Å²) in [5, 5.41) is 7.40. The summed E-state index contributed by atoms with van der Waals surface area (Å²) in [5.74, 6) is 0.751. The summed E-state index contributed by atoms with van der Waals surface area (Å²) < 4.78 is 6.69. The molecule has 1 aliphatic heterocycles.